The Hall–Kier alpha value is 1.76. The Bertz CT molecular complexity index is 593. The maximum absolute atomic E-state index is 2.28. The molecule has 8 heteroatoms. The van der Waals surface area contributed by atoms with E-state index in [0.29, 0.717) is 0 Å². The molecule has 0 aliphatic carbocycles. The third-order valence-corrected chi connectivity index (χ3v) is 10.7. The zero-order valence-electron chi connectivity index (χ0n) is 44.8. The van der Waals surface area contributed by atoms with Crippen molar-refractivity contribution in [1.29, 1.82) is 0 Å². The molecule has 0 aliphatic rings. The van der Waals surface area contributed by atoms with E-state index in [1.165, 1.54) is 232 Å². The summed E-state index contributed by atoms with van der Waals surface area (Å²) in [5.74, 6) is 0. The van der Waals surface area contributed by atoms with Crippen molar-refractivity contribution >= 4 is 0 Å². The molecule has 0 spiro atoms. The fourth-order valence-electron chi connectivity index (χ4n) is 6.88. The highest BCUT2D eigenvalue weighted by molar-refractivity contribution is 4.48. The summed E-state index contributed by atoms with van der Waals surface area (Å²) >= 11 is 0. The highest BCUT2D eigenvalue weighted by Gasteiger charge is 2.07. The van der Waals surface area contributed by atoms with Crippen molar-refractivity contribution in [3.63, 3.8) is 0 Å². The van der Waals surface area contributed by atoms with Gasteiger partial charge in [-0.1, -0.05) is 182 Å². The normalized spacial score (nSPS) is 11.2. The molecular weight excluding hydrogens is 1000 g/mol. The predicted octanol–water partition coefficient (Wildman–Crippen LogP) is 3.35. The van der Waals surface area contributed by atoms with Gasteiger partial charge in [0.2, 0.25) is 0 Å². The lowest BCUT2D eigenvalue weighted by Crippen LogP contribution is -3.00. The summed E-state index contributed by atoms with van der Waals surface area (Å²) in [5.41, 5.74) is 0. The second kappa shape index (κ2) is 56.9. The summed E-state index contributed by atoms with van der Waals surface area (Å²) in [6.07, 6.45) is 45.7. The molecular formula is C52H120Br4N4. The first-order valence-electron chi connectivity index (χ1n) is 25.5. The van der Waals surface area contributed by atoms with Crippen molar-refractivity contribution < 1.29 is 85.9 Å². The van der Waals surface area contributed by atoms with Gasteiger partial charge < -0.3 is 85.9 Å². The maximum atomic E-state index is 2.28. The van der Waals surface area contributed by atoms with Crippen LogP contribution in [0.5, 0.6) is 0 Å². The van der Waals surface area contributed by atoms with Gasteiger partial charge in [0.15, 0.2) is 0 Å². The molecule has 0 aliphatic heterocycles. The SMILES string of the molecule is CCCCCCCCCC[N+](C)(C)C.CCCCCCCCCC[N+](C)(C)C.CCCCCCCCCC[N+](C)(C)C.CCCCCCCCCC[N+](C)(C)C.[Br-].[Br-].[Br-].[Br-]. The van der Waals surface area contributed by atoms with E-state index in [4.69, 9.17) is 0 Å². The van der Waals surface area contributed by atoms with E-state index in [9.17, 15) is 0 Å². The smallest absolute Gasteiger partial charge is 0.0780 e. The minimum atomic E-state index is 0. The Labute approximate surface area is 426 Å². The van der Waals surface area contributed by atoms with Crippen LogP contribution >= 0.6 is 0 Å². The molecule has 0 aromatic heterocycles. The zero-order chi connectivity index (χ0) is 43.5. The summed E-state index contributed by atoms with van der Waals surface area (Å²) in [7, 11) is 27.3. The predicted molar refractivity (Wildman–Crippen MR) is 262 cm³/mol. The van der Waals surface area contributed by atoms with Crippen LogP contribution in [0.25, 0.3) is 0 Å². The second-order valence-corrected chi connectivity index (χ2v) is 22.0. The third kappa shape index (κ3) is 98.5. The van der Waals surface area contributed by atoms with Crippen molar-refractivity contribution in [2.24, 2.45) is 0 Å². The number of unbranched alkanes of at least 4 members (excludes halogenated alkanes) is 28. The van der Waals surface area contributed by atoms with Crippen LogP contribution in [0.1, 0.15) is 233 Å². The zero-order valence-corrected chi connectivity index (χ0v) is 51.1. The van der Waals surface area contributed by atoms with Gasteiger partial charge >= 0.3 is 0 Å². The van der Waals surface area contributed by atoms with Gasteiger partial charge in [0.05, 0.1) is 111 Å². The van der Waals surface area contributed by atoms with Gasteiger partial charge in [-0.15, -0.1) is 0 Å². The Morgan fingerprint density at radius 2 is 0.267 bits per heavy atom. The van der Waals surface area contributed by atoms with Gasteiger partial charge in [-0.3, -0.25) is 0 Å². The van der Waals surface area contributed by atoms with Crippen LogP contribution in [0, 0.1) is 0 Å². The van der Waals surface area contributed by atoms with Crippen molar-refractivity contribution in [2.45, 2.75) is 233 Å². The number of nitrogens with zero attached hydrogens (tertiary/aromatic N) is 4. The van der Waals surface area contributed by atoms with Gasteiger partial charge in [0, 0.05) is 0 Å². The number of quaternary nitrogens is 4. The summed E-state index contributed by atoms with van der Waals surface area (Å²) in [6, 6.07) is 0. The number of rotatable bonds is 36. The van der Waals surface area contributed by atoms with Crippen molar-refractivity contribution in [3.05, 3.63) is 0 Å². The van der Waals surface area contributed by atoms with E-state index in [-0.39, 0.29) is 67.9 Å². The van der Waals surface area contributed by atoms with Crippen molar-refractivity contribution in [1.82, 2.24) is 0 Å². The number of halogens is 4. The van der Waals surface area contributed by atoms with Crippen molar-refractivity contribution in [3.8, 4) is 0 Å². The average Bonchev–Trinajstić information content (AvgIpc) is 3.08. The Morgan fingerprint density at radius 1 is 0.167 bits per heavy atom. The third-order valence-electron chi connectivity index (χ3n) is 10.7. The van der Waals surface area contributed by atoms with Crippen LogP contribution < -0.4 is 67.9 Å². The minimum Gasteiger partial charge on any atom is -1.00 e. The van der Waals surface area contributed by atoms with E-state index in [2.05, 4.69) is 112 Å². The largest absolute Gasteiger partial charge is 1.00 e. The minimum absolute atomic E-state index is 0. The average molecular weight is 1120 g/mol. The van der Waals surface area contributed by atoms with Gasteiger partial charge in [0.1, 0.15) is 0 Å². The van der Waals surface area contributed by atoms with Crippen LogP contribution in [0.4, 0.5) is 0 Å². The first-order chi connectivity index (χ1) is 26.2. The van der Waals surface area contributed by atoms with Crippen LogP contribution in [0.3, 0.4) is 0 Å². The highest BCUT2D eigenvalue weighted by atomic mass is 79.9. The summed E-state index contributed by atoms with van der Waals surface area (Å²) in [4.78, 5) is 0. The monoisotopic (exact) mass is 1120 g/mol. The molecule has 0 heterocycles. The van der Waals surface area contributed by atoms with Crippen LogP contribution in [0.2, 0.25) is 0 Å². The molecule has 376 valence electrons. The standard InChI is InChI=1S/4C13H30N.4BrH/c4*1-5-6-7-8-9-10-11-12-13-14(2,3)4;;;;/h4*5-13H2,1-4H3;4*1H/q4*+1;;;;/p-4. The lowest BCUT2D eigenvalue weighted by molar-refractivity contribution is -0.870. The summed E-state index contributed by atoms with van der Waals surface area (Å²) in [5, 5.41) is 0. The topological polar surface area (TPSA) is 0 Å². The van der Waals surface area contributed by atoms with E-state index in [1.807, 2.05) is 0 Å². The molecule has 0 aromatic carbocycles. The lowest BCUT2D eigenvalue weighted by atomic mass is 10.1. The molecule has 0 atom stereocenters. The molecule has 0 aromatic rings. The molecule has 0 unspecified atom stereocenters. The summed E-state index contributed by atoms with van der Waals surface area (Å²) < 4.78 is 4.48. The Balaban J connectivity index is -0.0000000980. The fourth-order valence-corrected chi connectivity index (χ4v) is 6.88. The van der Waals surface area contributed by atoms with E-state index >= 15 is 0 Å². The molecule has 4 nitrogen and oxygen atoms in total. The lowest BCUT2D eigenvalue weighted by Gasteiger charge is -2.23. The molecule has 0 N–H and O–H groups in total. The Morgan fingerprint density at radius 3 is 0.367 bits per heavy atom. The molecule has 0 radical (unpaired) electrons. The van der Waals surface area contributed by atoms with E-state index in [0.717, 1.165) is 17.9 Å². The maximum Gasteiger partial charge on any atom is 0.0780 e. The first kappa shape index (κ1) is 78.9. The first-order valence-corrected chi connectivity index (χ1v) is 25.5. The molecule has 0 fully saturated rings. The van der Waals surface area contributed by atoms with Crippen LogP contribution in [0.15, 0.2) is 0 Å². The quantitative estimate of drug-likeness (QED) is 0.0669. The van der Waals surface area contributed by atoms with Crippen LogP contribution in [-0.4, -0.2) is 129 Å². The highest BCUT2D eigenvalue weighted by Crippen LogP contribution is 2.12. The van der Waals surface area contributed by atoms with Gasteiger partial charge in [-0.05, 0) is 51.4 Å². The van der Waals surface area contributed by atoms with E-state index in [1.54, 1.807) is 0 Å². The van der Waals surface area contributed by atoms with E-state index < -0.39 is 0 Å². The molecule has 60 heavy (non-hydrogen) atoms. The van der Waals surface area contributed by atoms with Crippen LogP contribution in [-0.2, 0) is 0 Å². The molecule has 0 saturated heterocycles. The molecule has 0 saturated carbocycles. The summed E-state index contributed by atoms with van der Waals surface area (Å²) in [6.45, 7) is 14.4. The van der Waals surface area contributed by atoms with Gasteiger partial charge in [0.25, 0.3) is 0 Å². The van der Waals surface area contributed by atoms with Crippen molar-refractivity contribution in [2.75, 3.05) is 111 Å². The van der Waals surface area contributed by atoms with Gasteiger partial charge in [-0.25, -0.2) is 0 Å². The molecule has 0 bridgehead atoms. The molecule has 0 amide bonds. The number of hydrogen-bond acceptors (Lipinski definition) is 0. The number of hydrogen-bond donors (Lipinski definition) is 0. The second-order valence-electron chi connectivity index (χ2n) is 22.0. The molecule has 0 rings (SSSR count). The Kier molecular flexibility index (Phi) is 74.8. The van der Waals surface area contributed by atoms with Gasteiger partial charge in [-0.2, -0.15) is 0 Å². The fraction of sp³-hybridized carbons (Fsp3) is 1.00.